The average Bonchev–Trinajstić information content (AvgIpc) is 3.04. The van der Waals surface area contributed by atoms with Crippen LogP contribution in [0, 0.1) is 0 Å². The molecule has 1 heterocycles. The largest absolute Gasteiger partial charge is 0.462 e. The van der Waals surface area contributed by atoms with Crippen LogP contribution in [0.25, 0.3) is 0 Å². The Morgan fingerprint density at radius 2 is 2.00 bits per heavy atom. The van der Waals surface area contributed by atoms with Crippen molar-refractivity contribution in [2.24, 2.45) is 0 Å². The van der Waals surface area contributed by atoms with Gasteiger partial charge in [-0.2, -0.15) is 0 Å². The highest BCUT2D eigenvalue weighted by atomic mass is 16.5. The number of furan rings is 1. The molecule has 22 heavy (non-hydrogen) atoms. The highest BCUT2D eigenvalue weighted by Gasteiger charge is 2.14. The number of ether oxygens (including phenoxy) is 1. The SMILES string of the molecule is CCNc1ccc(C(=O)OCC)cc1NC(=O)c1ccco1. The summed E-state index contributed by atoms with van der Waals surface area (Å²) in [6.07, 6.45) is 1.43. The van der Waals surface area contributed by atoms with E-state index in [1.165, 1.54) is 6.26 Å². The number of carbonyl (C=O) groups is 2. The van der Waals surface area contributed by atoms with E-state index in [0.717, 1.165) is 5.69 Å². The van der Waals surface area contributed by atoms with Crippen LogP contribution in [0.3, 0.4) is 0 Å². The molecule has 2 rings (SSSR count). The Bertz CT molecular complexity index is 650. The summed E-state index contributed by atoms with van der Waals surface area (Å²) in [6.45, 7) is 4.66. The van der Waals surface area contributed by atoms with Crippen molar-refractivity contribution in [1.82, 2.24) is 0 Å². The fraction of sp³-hybridized carbons (Fsp3) is 0.250. The van der Waals surface area contributed by atoms with Gasteiger partial charge in [-0.05, 0) is 44.2 Å². The van der Waals surface area contributed by atoms with Crippen LogP contribution in [0.2, 0.25) is 0 Å². The Hall–Kier alpha value is -2.76. The lowest BCUT2D eigenvalue weighted by Gasteiger charge is -2.13. The third kappa shape index (κ3) is 3.66. The van der Waals surface area contributed by atoms with E-state index in [4.69, 9.17) is 9.15 Å². The molecular weight excluding hydrogens is 284 g/mol. The Labute approximate surface area is 128 Å². The van der Waals surface area contributed by atoms with Gasteiger partial charge >= 0.3 is 5.97 Å². The highest BCUT2D eigenvalue weighted by molar-refractivity contribution is 6.05. The third-order valence-electron chi connectivity index (χ3n) is 2.89. The first-order chi connectivity index (χ1) is 10.7. The Kier molecular flexibility index (Phi) is 5.19. The van der Waals surface area contributed by atoms with Gasteiger partial charge in [-0.25, -0.2) is 4.79 Å². The van der Waals surface area contributed by atoms with Crippen LogP contribution < -0.4 is 10.6 Å². The molecule has 2 aromatic rings. The number of nitrogens with one attached hydrogen (secondary N) is 2. The number of carbonyl (C=O) groups excluding carboxylic acids is 2. The molecule has 6 heteroatoms. The molecule has 1 amide bonds. The number of anilines is 2. The minimum atomic E-state index is -0.431. The van der Waals surface area contributed by atoms with Crippen molar-refractivity contribution in [1.29, 1.82) is 0 Å². The minimum absolute atomic E-state index is 0.198. The van der Waals surface area contributed by atoms with Gasteiger partial charge in [0, 0.05) is 6.54 Å². The quantitative estimate of drug-likeness (QED) is 0.801. The minimum Gasteiger partial charge on any atom is -0.462 e. The monoisotopic (exact) mass is 302 g/mol. The standard InChI is InChI=1S/C16H18N2O4/c1-3-17-12-8-7-11(16(20)21-4-2)10-13(12)18-15(19)14-6-5-9-22-14/h5-10,17H,3-4H2,1-2H3,(H,18,19). The summed E-state index contributed by atoms with van der Waals surface area (Å²) < 4.78 is 10.0. The van der Waals surface area contributed by atoms with Crippen molar-refractivity contribution < 1.29 is 18.7 Å². The summed E-state index contributed by atoms with van der Waals surface area (Å²) in [5.41, 5.74) is 1.59. The lowest BCUT2D eigenvalue weighted by atomic mass is 10.1. The summed E-state index contributed by atoms with van der Waals surface area (Å²) in [5, 5.41) is 5.86. The van der Waals surface area contributed by atoms with Crippen LogP contribution in [0.5, 0.6) is 0 Å². The third-order valence-corrected chi connectivity index (χ3v) is 2.89. The van der Waals surface area contributed by atoms with E-state index in [1.54, 1.807) is 37.3 Å². The van der Waals surface area contributed by atoms with Crippen LogP contribution >= 0.6 is 0 Å². The Morgan fingerprint density at radius 3 is 2.64 bits per heavy atom. The fourth-order valence-electron chi connectivity index (χ4n) is 1.93. The van der Waals surface area contributed by atoms with Gasteiger partial charge in [0.1, 0.15) is 0 Å². The van der Waals surface area contributed by atoms with Crippen LogP contribution in [0.1, 0.15) is 34.8 Å². The van der Waals surface area contributed by atoms with E-state index in [2.05, 4.69) is 10.6 Å². The molecule has 0 fully saturated rings. The molecule has 2 N–H and O–H groups in total. The van der Waals surface area contributed by atoms with Crippen molar-refractivity contribution in [3.05, 3.63) is 47.9 Å². The zero-order valence-electron chi connectivity index (χ0n) is 12.5. The maximum Gasteiger partial charge on any atom is 0.338 e. The molecule has 0 bridgehead atoms. The lowest BCUT2D eigenvalue weighted by molar-refractivity contribution is 0.0526. The average molecular weight is 302 g/mol. The molecule has 0 saturated carbocycles. The molecule has 0 aliphatic heterocycles. The lowest BCUT2D eigenvalue weighted by Crippen LogP contribution is -2.14. The topological polar surface area (TPSA) is 80.6 Å². The second-order valence-corrected chi connectivity index (χ2v) is 4.44. The zero-order valence-corrected chi connectivity index (χ0v) is 12.5. The zero-order chi connectivity index (χ0) is 15.9. The molecule has 0 aliphatic rings. The number of esters is 1. The summed E-state index contributed by atoms with van der Waals surface area (Å²) in [7, 11) is 0. The van der Waals surface area contributed by atoms with Gasteiger partial charge in [0.05, 0.1) is 29.8 Å². The number of hydrogen-bond acceptors (Lipinski definition) is 5. The molecule has 0 unspecified atom stereocenters. The van der Waals surface area contributed by atoms with Crippen LogP contribution in [-0.2, 0) is 4.74 Å². The summed E-state index contributed by atoms with van der Waals surface area (Å²) in [6, 6.07) is 8.16. The Morgan fingerprint density at radius 1 is 1.18 bits per heavy atom. The van der Waals surface area contributed by atoms with Gasteiger partial charge in [-0.15, -0.1) is 0 Å². The molecule has 0 saturated heterocycles. The number of amides is 1. The first kappa shape index (κ1) is 15.6. The molecule has 1 aromatic heterocycles. The maximum absolute atomic E-state index is 12.1. The van der Waals surface area contributed by atoms with E-state index < -0.39 is 5.97 Å². The summed E-state index contributed by atoms with van der Waals surface area (Å²) in [4.78, 5) is 23.9. The first-order valence-electron chi connectivity index (χ1n) is 7.05. The van der Waals surface area contributed by atoms with Gasteiger partial charge < -0.3 is 19.8 Å². The van der Waals surface area contributed by atoms with E-state index in [0.29, 0.717) is 24.4 Å². The number of rotatable bonds is 6. The number of hydrogen-bond donors (Lipinski definition) is 2. The van der Waals surface area contributed by atoms with Gasteiger partial charge in [-0.3, -0.25) is 4.79 Å². The van der Waals surface area contributed by atoms with E-state index in [1.807, 2.05) is 6.92 Å². The van der Waals surface area contributed by atoms with Crippen molar-refractivity contribution in [3.63, 3.8) is 0 Å². The van der Waals surface area contributed by atoms with Crippen molar-refractivity contribution in [2.45, 2.75) is 13.8 Å². The molecule has 116 valence electrons. The maximum atomic E-state index is 12.1. The smallest absolute Gasteiger partial charge is 0.338 e. The van der Waals surface area contributed by atoms with E-state index >= 15 is 0 Å². The van der Waals surface area contributed by atoms with Crippen LogP contribution in [-0.4, -0.2) is 25.0 Å². The predicted octanol–water partition coefficient (Wildman–Crippen LogP) is 3.14. The van der Waals surface area contributed by atoms with E-state index in [9.17, 15) is 9.59 Å². The highest BCUT2D eigenvalue weighted by Crippen LogP contribution is 2.24. The van der Waals surface area contributed by atoms with Gasteiger partial charge in [0.25, 0.3) is 5.91 Å². The fourth-order valence-corrected chi connectivity index (χ4v) is 1.93. The second kappa shape index (κ2) is 7.31. The molecule has 0 radical (unpaired) electrons. The van der Waals surface area contributed by atoms with Gasteiger partial charge in [-0.1, -0.05) is 0 Å². The van der Waals surface area contributed by atoms with E-state index in [-0.39, 0.29) is 11.7 Å². The predicted molar refractivity (Wildman–Crippen MR) is 83.2 cm³/mol. The molecule has 0 spiro atoms. The van der Waals surface area contributed by atoms with Crippen molar-refractivity contribution in [2.75, 3.05) is 23.8 Å². The second-order valence-electron chi connectivity index (χ2n) is 4.44. The van der Waals surface area contributed by atoms with Crippen molar-refractivity contribution >= 4 is 23.3 Å². The molecular formula is C16H18N2O4. The molecule has 6 nitrogen and oxygen atoms in total. The van der Waals surface area contributed by atoms with Gasteiger partial charge in [0.2, 0.25) is 0 Å². The molecule has 0 atom stereocenters. The van der Waals surface area contributed by atoms with Crippen LogP contribution in [0.4, 0.5) is 11.4 Å². The van der Waals surface area contributed by atoms with Gasteiger partial charge in [0.15, 0.2) is 5.76 Å². The molecule has 1 aromatic carbocycles. The van der Waals surface area contributed by atoms with Crippen LogP contribution in [0.15, 0.2) is 41.0 Å². The summed E-state index contributed by atoms with van der Waals surface area (Å²) >= 11 is 0. The molecule has 0 aliphatic carbocycles. The first-order valence-corrected chi connectivity index (χ1v) is 7.05. The number of benzene rings is 1. The van der Waals surface area contributed by atoms with Crippen molar-refractivity contribution in [3.8, 4) is 0 Å². The Balaban J connectivity index is 2.27. The summed E-state index contributed by atoms with van der Waals surface area (Å²) in [5.74, 6) is -0.617. The normalized spacial score (nSPS) is 10.1.